The van der Waals surface area contributed by atoms with Gasteiger partial charge in [0.25, 0.3) is 5.60 Å². The van der Waals surface area contributed by atoms with Crippen molar-refractivity contribution in [1.29, 1.82) is 0 Å². The summed E-state index contributed by atoms with van der Waals surface area (Å²) >= 11 is 0. The van der Waals surface area contributed by atoms with Crippen molar-refractivity contribution in [3.05, 3.63) is 35.5 Å². The van der Waals surface area contributed by atoms with Crippen LogP contribution in [-0.4, -0.2) is 45.5 Å². The number of aliphatic hydroxyl groups excluding tert-OH is 2. The topological polar surface area (TPSA) is 60.7 Å². The molecule has 3 N–H and O–H groups in total. The van der Waals surface area contributed by atoms with Crippen LogP contribution in [0.25, 0.3) is 0 Å². The van der Waals surface area contributed by atoms with Crippen LogP contribution >= 0.6 is 0 Å². The second kappa shape index (κ2) is 10.4. The van der Waals surface area contributed by atoms with Crippen LogP contribution in [0, 0.1) is 23.2 Å². The highest BCUT2D eigenvalue weighted by Crippen LogP contribution is 2.60. The summed E-state index contributed by atoms with van der Waals surface area (Å²) in [6.45, 7) is 8.03. The van der Waals surface area contributed by atoms with E-state index in [0.29, 0.717) is 12.0 Å². The van der Waals surface area contributed by atoms with Gasteiger partial charge in [-0.3, -0.25) is 0 Å². The average Bonchev–Trinajstić information content (AvgIpc) is 3.11. The van der Waals surface area contributed by atoms with Crippen molar-refractivity contribution in [3.63, 3.8) is 0 Å². The molecular weight excluding hydrogens is 486 g/mol. The van der Waals surface area contributed by atoms with E-state index in [2.05, 4.69) is 19.6 Å². The Morgan fingerprint density at radius 1 is 1.08 bits per heavy atom. The quantitative estimate of drug-likeness (QED) is 0.336. The van der Waals surface area contributed by atoms with Gasteiger partial charge in [0.2, 0.25) is 0 Å². The first-order valence-corrected chi connectivity index (χ1v) is 12.8. The Balaban J connectivity index is 1.69. The minimum Gasteiger partial charge on any atom is -0.393 e. The van der Waals surface area contributed by atoms with Crippen LogP contribution in [-0.2, 0) is 0 Å². The average molecular weight is 525 g/mol. The van der Waals surface area contributed by atoms with Gasteiger partial charge in [0.1, 0.15) is 0 Å². The molecule has 0 spiro atoms. The van der Waals surface area contributed by atoms with Gasteiger partial charge in [0, 0.05) is 6.42 Å². The van der Waals surface area contributed by atoms with Gasteiger partial charge in [-0.25, -0.2) is 0 Å². The van der Waals surface area contributed by atoms with Gasteiger partial charge in [-0.05, 0) is 85.7 Å². The number of alkyl halides is 6. The maximum atomic E-state index is 13.0. The smallest absolute Gasteiger partial charge is 0.393 e. The van der Waals surface area contributed by atoms with Gasteiger partial charge in [-0.1, -0.05) is 44.6 Å². The molecule has 36 heavy (non-hydrogen) atoms. The van der Waals surface area contributed by atoms with E-state index in [9.17, 15) is 41.7 Å². The van der Waals surface area contributed by atoms with Crippen molar-refractivity contribution in [3.8, 4) is 0 Å². The predicted molar refractivity (Wildman–Crippen MR) is 125 cm³/mol. The van der Waals surface area contributed by atoms with Gasteiger partial charge in [-0.2, -0.15) is 26.3 Å². The summed E-state index contributed by atoms with van der Waals surface area (Å²) in [5.74, 6) is 0.355. The third kappa shape index (κ3) is 5.58. The minimum atomic E-state index is -5.77. The van der Waals surface area contributed by atoms with E-state index < -0.39 is 36.6 Å². The molecule has 0 bridgehead atoms. The molecule has 3 saturated carbocycles. The molecular formula is C27H38F6O3. The molecule has 0 radical (unpaired) electrons. The number of halogens is 6. The van der Waals surface area contributed by atoms with Crippen molar-refractivity contribution in [2.45, 2.75) is 108 Å². The molecule has 3 rings (SSSR count). The monoisotopic (exact) mass is 524 g/mol. The summed E-state index contributed by atoms with van der Waals surface area (Å²) < 4.78 is 78.1. The normalized spacial score (nSPS) is 35.4. The Kier molecular flexibility index (Phi) is 8.48. The molecule has 3 aliphatic carbocycles. The van der Waals surface area contributed by atoms with Crippen LogP contribution in [0.3, 0.4) is 0 Å². The van der Waals surface area contributed by atoms with Gasteiger partial charge >= 0.3 is 12.4 Å². The zero-order valence-corrected chi connectivity index (χ0v) is 20.9. The standard InChI is InChI=1S/C27H38F6O3/c1-16(6-4-13-25(36,26(28,29)30)27(31,32)33)21-10-11-22-18(7-5-12-24(21,22)3)8-9-19-14-20(34)15-23(35)17(19)2/h8-9,16,20-23,34-36H,2,4-7,10-15H2,1,3H3/t16?,20-,21-,22?,23?,24?/m1/s1. The molecule has 206 valence electrons. The lowest BCUT2D eigenvalue weighted by molar-refractivity contribution is -0.370. The number of hydrogen-bond donors (Lipinski definition) is 3. The van der Waals surface area contributed by atoms with Crippen LogP contribution < -0.4 is 0 Å². The van der Waals surface area contributed by atoms with Gasteiger partial charge in [0.15, 0.2) is 0 Å². The Bertz CT molecular complexity index is 860. The van der Waals surface area contributed by atoms with Gasteiger partial charge in [0.05, 0.1) is 12.2 Å². The molecule has 0 heterocycles. The number of aliphatic hydroxyl groups is 3. The zero-order chi connectivity index (χ0) is 27.1. The molecule has 0 aromatic heterocycles. The van der Waals surface area contributed by atoms with E-state index in [-0.39, 0.29) is 42.4 Å². The fraction of sp³-hybridized carbons (Fsp3) is 0.778. The molecule has 3 nitrogen and oxygen atoms in total. The van der Waals surface area contributed by atoms with E-state index in [1.165, 1.54) is 5.57 Å². The van der Waals surface area contributed by atoms with Crippen molar-refractivity contribution in [2.75, 3.05) is 0 Å². The number of allylic oxidation sites excluding steroid dienone is 3. The highest BCUT2D eigenvalue weighted by molar-refractivity contribution is 5.38. The number of rotatable bonds is 6. The first-order chi connectivity index (χ1) is 16.5. The number of fused-ring (bicyclic) bond motifs is 1. The van der Waals surface area contributed by atoms with E-state index in [4.69, 9.17) is 0 Å². The molecule has 0 amide bonds. The van der Waals surface area contributed by atoms with E-state index in [1.807, 2.05) is 13.0 Å². The molecule has 6 atom stereocenters. The first kappa shape index (κ1) is 29.2. The van der Waals surface area contributed by atoms with Crippen molar-refractivity contribution >= 4 is 0 Å². The second-order valence-electron chi connectivity index (χ2n) is 11.4. The van der Waals surface area contributed by atoms with Crippen LogP contribution in [0.4, 0.5) is 26.3 Å². The van der Waals surface area contributed by atoms with E-state index in [0.717, 1.165) is 37.7 Å². The molecule has 0 aromatic rings. The number of hydrogen-bond acceptors (Lipinski definition) is 3. The molecule has 0 aliphatic heterocycles. The lowest BCUT2D eigenvalue weighted by atomic mass is 9.60. The lowest BCUT2D eigenvalue weighted by Crippen LogP contribution is -2.56. The SMILES string of the molecule is C=C1C(=CC=C2CCCC3(C)C2CC[C@@H]3C(C)CCCC(O)(C(F)(F)F)C(F)(F)F)C[C@@H](O)CC1O. The zero-order valence-electron chi connectivity index (χ0n) is 20.9. The van der Waals surface area contributed by atoms with Crippen LogP contribution in [0.2, 0.25) is 0 Å². The highest BCUT2D eigenvalue weighted by Gasteiger charge is 2.69. The van der Waals surface area contributed by atoms with Crippen molar-refractivity contribution in [1.82, 2.24) is 0 Å². The fourth-order valence-electron chi connectivity index (χ4n) is 7.00. The maximum absolute atomic E-state index is 13.0. The first-order valence-electron chi connectivity index (χ1n) is 12.8. The maximum Gasteiger partial charge on any atom is 0.426 e. The molecule has 0 aromatic carbocycles. The third-order valence-electron chi connectivity index (χ3n) is 9.12. The van der Waals surface area contributed by atoms with Crippen molar-refractivity contribution < 1.29 is 41.7 Å². The Labute approximate surface area is 209 Å². The van der Waals surface area contributed by atoms with Crippen LogP contribution in [0.15, 0.2) is 35.5 Å². The highest BCUT2D eigenvalue weighted by atomic mass is 19.4. The van der Waals surface area contributed by atoms with Gasteiger partial charge < -0.3 is 15.3 Å². The van der Waals surface area contributed by atoms with Gasteiger partial charge in [-0.15, -0.1) is 0 Å². The Hall–Kier alpha value is -1.32. The summed E-state index contributed by atoms with van der Waals surface area (Å²) in [6.07, 6.45) is -5.24. The second-order valence-corrected chi connectivity index (χ2v) is 11.4. The molecule has 0 saturated heterocycles. The summed E-state index contributed by atoms with van der Waals surface area (Å²) in [6, 6.07) is 0. The molecule has 4 unspecified atom stereocenters. The fourth-order valence-corrected chi connectivity index (χ4v) is 7.00. The van der Waals surface area contributed by atoms with Crippen LogP contribution in [0.5, 0.6) is 0 Å². The molecule has 3 aliphatic rings. The Morgan fingerprint density at radius 3 is 2.33 bits per heavy atom. The summed E-state index contributed by atoms with van der Waals surface area (Å²) in [5.41, 5.74) is -2.08. The Morgan fingerprint density at radius 2 is 1.72 bits per heavy atom. The summed E-state index contributed by atoms with van der Waals surface area (Å²) in [7, 11) is 0. The third-order valence-corrected chi connectivity index (χ3v) is 9.12. The summed E-state index contributed by atoms with van der Waals surface area (Å²) in [4.78, 5) is 0. The predicted octanol–water partition coefficient (Wildman–Crippen LogP) is 6.79. The van der Waals surface area contributed by atoms with E-state index >= 15 is 0 Å². The minimum absolute atomic E-state index is 0.0770. The van der Waals surface area contributed by atoms with E-state index in [1.54, 1.807) is 0 Å². The largest absolute Gasteiger partial charge is 0.426 e. The molecule has 3 fully saturated rings. The summed E-state index contributed by atoms with van der Waals surface area (Å²) in [5, 5.41) is 29.5. The van der Waals surface area contributed by atoms with Crippen molar-refractivity contribution in [2.24, 2.45) is 23.2 Å². The molecule has 9 heteroatoms. The van der Waals surface area contributed by atoms with Crippen LogP contribution in [0.1, 0.15) is 78.1 Å². The lowest BCUT2D eigenvalue weighted by Gasteiger charge is -2.44.